The molecule has 4 nitrogen and oxygen atoms in total. The summed E-state index contributed by atoms with van der Waals surface area (Å²) < 4.78 is 15.4. The Morgan fingerprint density at radius 2 is 1.91 bits per heavy atom. The van der Waals surface area contributed by atoms with E-state index in [1.807, 2.05) is 0 Å². The van der Waals surface area contributed by atoms with Crippen LogP contribution in [0, 0.1) is 34.5 Å². The van der Waals surface area contributed by atoms with Gasteiger partial charge in [-0.15, -0.1) is 0 Å². The van der Waals surface area contributed by atoms with Crippen LogP contribution in [-0.4, -0.2) is 55.3 Å². The average molecular weight is 472 g/mol. The lowest BCUT2D eigenvalue weighted by atomic mass is 9.44. The van der Waals surface area contributed by atoms with Crippen LogP contribution in [0.15, 0.2) is 22.3 Å². The molecule has 1 heterocycles. The van der Waals surface area contributed by atoms with Crippen LogP contribution in [0.3, 0.4) is 0 Å². The van der Waals surface area contributed by atoms with E-state index in [-0.39, 0.29) is 16.7 Å². The number of aliphatic imine (C=N–C) groups is 1. The number of halogens is 1. The van der Waals surface area contributed by atoms with E-state index < -0.39 is 6.17 Å². The first-order chi connectivity index (χ1) is 16.4. The number of fused-ring (bicyclic) bond motifs is 5. The summed E-state index contributed by atoms with van der Waals surface area (Å²) in [5.74, 6) is 1.53. The molecule has 5 rings (SSSR count). The minimum Gasteiger partial charge on any atom is -0.394 e. The van der Waals surface area contributed by atoms with Crippen LogP contribution in [0.2, 0.25) is 0 Å². The number of alkyl halides is 1. The van der Waals surface area contributed by atoms with Gasteiger partial charge in [0, 0.05) is 37.1 Å². The van der Waals surface area contributed by atoms with Crippen molar-refractivity contribution in [1.29, 1.82) is 0 Å². The topological polar surface area (TPSA) is 37.2 Å². The van der Waals surface area contributed by atoms with Crippen molar-refractivity contribution < 1.29 is 9.23 Å². The summed E-state index contributed by atoms with van der Waals surface area (Å²) >= 11 is 0. The molecule has 190 valence electrons. The van der Waals surface area contributed by atoms with Gasteiger partial charge >= 0.3 is 0 Å². The second-order valence-corrected chi connectivity index (χ2v) is 12.4. The molecule has 5 fully saturated rings. The third-order valence-corrected chi connectivity index (χ3v) is 10.7. The maximum atomic E-state index is 15.4. The number of hydrogen-bond donors (Lipinski definition) is 0. The van der Waals surface area contributed by atoms with Crippen molar-refractivity contribution in [2.75, 3.05) is 32.8 Å². The largest absolute Gasteiger partial charge is 0.394 e. The van der Waals surface area contributed by atoms with Crippen molar-refractivity contribution in [3.05, 3.63) is 12.2 Å². The fourth-order valence-electron chi connectivity index (χ4n) is 8.76. The predicted octanol–water partition coefficient (Wildman–Crippen LogP) is 6.46. The molecule has 5 heteroatoms. The second-order valence-electron chi connectivity index (χ2n) is 12.4. The van der Waals surface area contributed by atoms with Gasteiger partial charge in [0.25, 0.3) is 0 Å². The van der Waals surface area contributed by atoms with Crippen LogP contribution in [0.1, 0.15) is 85.0 Å². The monoisotopic (exact) mass is 471 g/mol. The first-order valence-corrected chi connectivity index (χ1v) is 14.1. The summed E-state index contributed by atoms with van der Waals surface area (Å²) in [6, 6.07) is 0. The summed E-state index contributed by atoms with van der Waals surface area (Å²) in [5, 5.41) is 4.64. The number of likely N-dealkylation sites (tertiary alicyclic amines) is 1. The third kappa shape index (κ3) is 4.18. The minimum absolute atomic E-state index is 0.0232. The molecule has 0 aromatic heterocycles. The van der Waals surface area contributed by atoms with E-state index in [2.05, 4.69) is 37.4 Å². The zero-order valence-electron chi connectivity index (χ0n) is 21.8. The number of hydrogen-bond acceptors (Lipinski definition) is 4. The van der Waals surface area contributed by atoms with Crippen molar-refractivity contribution in [2.45, 2.75) is 91.2 Å². The SMILES string of the molecule is C=C1CC(F)C2C3CC(=NCC)C4C/C(=N/OCCN5CCCCC5)CC[C@]4(C)C3CC[C@]12C. The van der Waals surface area contributed by atoms with Crippen molar-refractivity contribution in [1.82, 2.24) is 4.90 Å². The molecule has 0 bridgehead atoms. The van der Waals surface area contributed by atoms with Crippen molar-refractivity contribution in [2.24, 2.45) is 44.6 Å². The number of allylic oxidation sites excluding steroid dienone is 1. The maximum absolute atomic E-state index is 15.4. The summed E-state index contributed by atoms with van der Waals surface area (Å²) in [5.41, 5.74) is 3.87. The van der Waals surface area contributed by atoms with E-state index >= 15 is 4.39 Å². The lowest BCUT2D eigenvalue weighted by molar-refractivity contribution is -0.0632. The van der Waals surface area contributed by atoms with Crippen molar-refractivity contribution in [3.63, 3.8) is 0 Å². The lowest BCUT2D eigenvalue weighted by Gasteiger charge is -2.60. The Kier molecular flexibility index (Phi) is 6.96. The first kappa shape index (κ1) is 24.5. The van der Waals surface area contributed by atoms with E-state index in [9.17, 15) is 0 Å². The van der Waals surface area contributed by atoms with Crippen LogP contribution in [0.5, 0.6) is 0 Å². The normalized spacial score (nSPS) is 45.2. The smallest absolute Gasteiger partial charge is 0.129 e. The fraction of sp³-hybridized carbons (Fsp3) is 0.862. The fourth-order valence-corrected chi connectivity index (χ4v) is 8.76. The van der Waals surface area contributed by atoms with E-state index in [0.717, 1.165) is 50.8 Å². The molecule has 5 aliphatic rings. The highest BCUT2D eigenvalue weighted by molar-refractivity contribution is 5.96. The zero-order valence-corrected chi connectivity index (χ0v) is 21.8. The van der Waals surface area contributed by atoms with Gasteiger partial charge in [0.1, 0.15) is 12.8 Å². The molecule has 0 N–H and O–H groups in total. The highest BCUT2D eigenvalue weighted by Crippen LogP contribution is 2.66. The van der Waals surface area contributed by atoms with Gasteiger partial charge < -0.3 is 4.84 Å². The maximum Gasteiger partial charge on any atom is 0.129 e. The van der Waals surface area contributed by atoms with Crippen LogP contribution >= 0.6 is 0 Å². The summed E-state index contributed by atoms with van der Waals surface area (Å²) in [4.78, 5) is 13.4. The summed E-state index contributed by atoms with van der Waals surface area (Å²) in [6.07, 6.45) is 10.2. The zero-order chi connectivity index (χ0) is 23.9. The van der Waals surface area contributed by atoms with Crippen LogP contribution in [0.25, 0.3) is 0 Å². The predicted molar refractivity (Wildman–Crippen MR) is 138 cm³/mol. The Hall–Kier alpha value is -1.23. The molecule has 1 aliphatic heterocycles. The summed E-state index contributed by atoms with van der Waals surface area (Å²) in [6.45, 7) is 16.1. The van der Waals surface area contributed by atoms with E-state index in [1.165, 1.54) is 50.2 Å². The van der Waals surface area contributed by atoms with Gasteiger partial charge in [-0.25, -0.2) is 4.39 Å². The molecule has 7 atom stereocenters. The van der Waals surface area contributed by atoms with Gasteiger partial charge in [0.05, 0.1) is 5.71 Å². The molecular formula is C29H46FN3O. The number of piperidine rings is 1. The Bertz CT molecular complexity index is 833. The van der Waals surface area contributed by atoms with Gasteiger partial charge in [0.15, 0.2) is 0 Å². The number of nitrogens with zero attached hydrogens (tertiary/aromatic N) is 3. The Balaban J connectivity index is 1.30. The highest BCUT2D eigenvalue weighted by Gasteiger charge is 2.62. The number of oxime groups is 1. The highest BCUT2D eigenvalue weighted by atomic mass is 19.1. The molecule has 34 heavy (non-hydrogen) atoms. The van der Waals surface area contributed by atoms with Gasteiger partial charge in [-0.3, -0.25) is 9.89 Å². The van der Waals surface area contributed by atoms with E-state index in [1.54, 1.807) is 0 Å². The van der Waals surface area contributed by atoms with E-state index in [0.29, 0.717) is 30.8 Å². The molecule has 5 unspecified atom stereocenters. The quantitative estimate of drug-likeness (QED) is 0.262. The average Bonchev–Trinajstić information content (AvgIpc) is 3.06. The lowest BCUT2D eigenvalue weighted by Crippen LogP contribution is -2.57. The standard InChI is InChI=1S/C29H46FN3O/c1-5-31-26-19-22-23(10-12-28(3)20(2)17-25(30)27(22)28)29(4)11-9-21(18-24(26)29)32-34-16-15-33-13-7-6-8-14-33/h22-25,27H,2,5-19H2,1,3-4H3/b31-26?,32-21+/t22?,23?,24?,25?,27?,28-,29-/m1/s1. The molecule has 0 aromatic carbocycles. The van der Waals surface area contributed by atoms with Gasteiger partial charge in [0.2, 0.25) is 0 Å². The Labute approximate surface area is 206 Å². The molecule has 0 radical (unpaired) electrons. The Morgan fingerprint density at radius 1 is 1.12 bits per heavy atom. The van der Waals surface area contributed by atoms with Crippen LogP contribution in [0.4, 0.5) is 4.39 Å². The molecule has 4 aliphatic carbocycles. The van der Waals surface area contributed by atoms with Crippen molar-refractivity contribution >= 4 is 11.4 Å². The van der Waals surface area contributed by atoms with E-state index in [4.69, 9.17) is 9.83 Å². The van der Waals surface area contributed by atoms with Gasteiger partial charge in [-0.1, -0.05) is 37.6 Å². The second kappa shape index (κ2) is 9.67. The molecular weight excluding hydrogens is 425 g/mol. The van der Waals surface area contributed by atoms with Crippen LogP contribution < -0.4 is 0 Å². The summed E-state index contributed by atoms with van der Waals surface area (Å²) in [7, 11) is 0. The minimum atomic E-state index is -0.734. The third-order valence-electron chi connectivity index (χ3n) is 10.7. The molecule has 1 saturated heterocycles. The van der Waals surface area contributed by atoms with Crippen molar-refractivity contribution in [3.8, 4) is 0 Å². The first-order valence-electron chi connectivity index (χ1n) is 14.1. The van der Waals surface area contributed by atoms with Crippen LogP contribution in [-0.2, 0) is 4.84 Å². The number of rotatable bonds is 5. The molecule has 0 aromatic rings. The molecule has 4 saturated carbocycles. The Morgan fingerprint density at radius 3 is 2.68 bits per heavy atom. The van der Waals surface area contributed by atoms with Gasteiger partial charge in [-0.2, -0.15) is 0 Å². The van der Waals surface area contributed by atoms with Gasteiger partial charge in [-0.05, 0) is 94.0 Å². The molecule has 0 amide bonds. The molecule has 0 spiro atoms.